The van der Waals surface area contributed by atoms with Gasteiger partial charge in [0.05, 0.1) is 11.1 Å². The summed E-state index contributed by atoms with van der Waals surface area (Å²) in [5.74, 6) is 0.0917. The van der Waals surface area contributed by atoms with Gasteiger partial charge in [-0.25, -0.2) is 4.98 Å². The van der Waals surface area contributed by atoms with E-state index in [1.165, 1.54) is 6.07 Å². The average molecular weight is 388 g/mol. The summed E-state index contributed by atoms with van der Waals surface area (Å²) in [4.78, 5) is 28.7. The summed E-state index contributed by atoms with van der Waals surface area (Å²) >= 11 is 6.26. The van der Waals surface area contributed by atoms with Gasteiger partial charge in [-0.1, -0.05) is 31.4 Å². The Morgan fingerprint density at radius 1 is 1.33 bits per heavy atom. The molecule has 0 unspecified atom stereocenters. The highest BCUT2D eigenvalue weighted by Crippen LogP contribution is 2.32. The molecule has 1 aromatic carbocycles. The van der Waals surface area contributed by atoms with Gasteiger partial charge in [0.15, 0.2) is 11.3 Å². The molecule has 0 aromatic heterocycles. The minimum atomic E-state index is -0.622. The topological polar surface area (TPSA) is 98.2 Å². The van der Waals surface area contributed by atoms with Crippen molar-refractivity contribution >= 4 is 34.3 Å². The van der Waals surface area contributed by atoms with E-state index in [-0.39, 0.29) is 16.4 Å². The van der Waals surface area contributed by atoms with Gasteiger partial charge in [0.25, 0.3) is 0 Å². The summed E-state index contributed by atoms with van der Waals surface area (Å²) in [5.41, 5.74) is 8.27. The summed E-state index contributed by atoms with van der Waals surface area (Å²) in [6.45, 7) is 3.72. The molecule has 1 aromatic rings. The maximum absolute atomic E-state index is 12.2. The highest BCUT2D eigenvalue weighted by Gasteiger charge is 2.20. The fourth-order valence-corrected chi connectivity index (χ4v) is 3.13. The van der Waals surface area contributed by atoms with Crippen LogP contribution in [0.15, 0.2) is 33.5 Å². The van der Waals surface area contributed by atoms with E-state index in [4.69, 9.17) is 21.8 Å². The number of nitrogens with zero attached hydrogens (tertiary/aromatic N) is 1. The minimum Gasteiger partial charge on any atom is -0.453 e. The number of nitrogens with one attached hydrogen (secondary N) is 1. The van der Waals surface area contributed by atoms with Crippen molar-refractivity contribution in [3.63, 3.8) is 0 Å². The van der Waals surface area contributed by atoms with Gasteiger partial charge < -0.3 is 15.5 Å². The second-order valence-electron chi connectivity index (χ2n) is 6.65. The molecule has 0 saturated heterocycles. The third kappa shape index (κ3) is 4.12. The SMILES string of the molecule is CCCCCc1c2nc3ccc(NC(=O)[C@H](C)N)cc3oc-2cc(=O)c1Cl. The highest BCUT2D eigenvalue weighted by molar-refractivity contribution is 6.31. The Morgan fingerprint density at radius 3 is 2.81 bits per heavy atom. The second-order valence-corrected chi connectivity index (χ2v) is 7.02. The Balaban J connectivity index is 2.08. The van der Waals surface area contributed by atoms with Crippen LogP contribution in [0.4, 0.5) is 5.69 Å². The predicted molar refractivity (Wildman–Crippen MR) is 107 cm³/mol. The maximum atomic E-state index is 12.2. The number of aromatic nitrogens is 1. The molecule has 0 bridgehead atoms. The van der Waals surface area contributed by atoms with Crippen molar-refractivity contribution in [2.24, 2.45) is 5.73 Å². The first kappa shape index (κ1) is 19.3. The zero-order chi connectivity index (χ0) is 19.6. The molecule has 0 fully saturated rings. The number of halogens is 1. The van der Waals surface area contributed by atoms with Gasteiger partial charge in [-0.2, -0.15) is 0 Å². The number of amides is 1. The molecule has 1 heterocycles. The number of unbranched alkanes of at least 4 members (excludes halogenated alkanes) is 2. The number of carbonyl (C=O) groups is 1. The van der Waals surface area contributed by atoms with Crippen molar-refractivity contribution in [3.8, 4) is 11.5 Å². The van der Waals surface area contributed by atoms with Gasteiger partial charge in [0, 0.05) is 23.4 Å². The van der Waals surface area contributed by atoms with E-state index >= 15 is 0 Å². The lowest BCUT2D eigenvalue weighted by Crippen LogP contribution is -2.32. The Kier molecular flexibility index (Phi) is 5.77. The lowest BCUT2D eigenvalue weighted by atomic mass is 10.0. The molecule has 6 nitrogen and oxygen atoms in total. The standard InChI is InChI=1S/C20H22ClN3O3/c1-3-4-5-6-13-18(21)15(25)10-17-19(13)24-14-8-7-12(9-16(14)27-17)23-20(26)11(2)22/h7-11H,3-6,22H2,1-2H3,(H,23,26)/t11-/m0/s1. The van der Waals surface area contributed by atoms with Crippen LogP contribution in [0.3, 0.4) is 0 Å². The van der Waals surface area contributed by atoms with Gasteiger partial charge in [0.1, 0.15) is 11.2 Å². The molecule has 2 aliphatic rings. The number of hydrogen-bond acceptors (Lipinski definition) is 5. The molecular formula is C20H22ClN3O3. The number of rotatable bonds is 6. The van der Waals surface area contributed by atoms with Crippen LogP contribution in [0, 0.1) is 0 Å². The predicted octanol–water partition coefficient (Wildman–Crippen LogP) is 3.96. The molecule has 1 atom stereocenters. The van der Waals surface area contributed by atoms with E-state index in [9.17, 15) is 9.59 Å². The Morgan fingerprint density at radius 2 is 2.11 bits per heavy atom. The third-order valence-corrected chi connectivity index (χ3v) is 4.80. The van der Waals surface area contributed by atoms with Gasteiger partial charge in [-0.05, 0) is 31.9 Å². The smallest absolute Gasteiger partial charge is 0.241 e. The molecule has 1 aliphatic heterocycles. The fraction of sp³-hybridized carbons (Fsp3) is 0.350. The molecule has 0 saturated carbocycles. The van der Waals surface area contributed by atoms with Crippen LogP contribution in [0.25, 0.3) is 22.6 Å². The summed E-state index contributed by atoms with van der Waals surface area (Å²) in [6.07, 6.45) is 3.73. The van der Waals surface area contributed by atoms with Gasteiger partial charge >= 0.3 is 0 Å². The van der Waals surface area contributed by atoms with Crippen molar-refractivity contribution in [2.45, 2.75) is 45.6 Å². The molecule has 0 radical (unpaired) electrons. The number of hydrogen-bond donors (Lipinski definition) is 2. The summed E-state index contributed by atoms with van der Waals surface area (Å²) in [5, 5.41) is 2.92. The lowest BCUT2D eigenvalue weighted by molar-refractivity contribution is -0.117. The molecule has 3 N–H and O–H groups in total. The van der Waals surface area contributed by atoms with Crippen LogP contribution < -0.4 is 16.5 Å². The van der Waals surface area contributed by atoms with Crippen LogP contribution in [0.2, 0.25) is 5.02 Å². The molecular weight excluding hydrogens is 366 g/mol. The summed E-state index contributed by atoms with van der Waals surface area (Å²) in [6, 6.07) is 5.89. The molecule has 1 amide bonds. The van der Waals surface area contributed by atoms with Crippen LogP contribution in [-0.4, -0.2) is 16.9 Å². The number of fused-ring (bicyclic) bond motifs is 2. The first-order valence-corrected chi connectivity index (χ1v) is 9.41. The fourth-order valence-electron chi connectivity index (χ4n) is 2.89. The summed E-state index contributed by atoms with van der Waals surface area (Å²) < 4.78 is 5.91. The van der Waals surface area contributed by atoms with Gasteiger partial charge in [0.2, 0.25) is 11.3 Å². The number of anilines is 1. The van der Waals surface area contributed by atoms with E-state index in [1.54, 1.807) is 25.1 Å². The normalized spacial score (nSPS) is 12.4. The largest absolute Gasteiger partial charge is 0.453 e. The van der Waals surface area contributed by atoms with Crippen molar-refractivity contribution < 1.29 is 9.21 Å². The first-order valence-electron chi connectivity index (χ1n) is 9.03. The van der Waals surface area contributed by atoms with Gasteiger partial charge in [-0.15, -0.1) is 0 Å². The highest BCUT2D eigenvalue weighted by atomic mass is 35.5. The van der Waals surface area contributed by atoms with E-state index in [0.29, 0.717) is 34.7 Å². The van der Waals surface area contributed by atoms with Crippen LogP contribution in [0.1, 0.15) is 38.7 Å². The molecule has 0 spiro atoms. The Labute approximate surface area is 162 Å². The molecule has 1 aliphatic carbocycles. The number of nitrogens with two attached hydrogens (primary N) is 1. The van der Waals surface area contributed by atoms with Gasteiger partial charge in [-0.3, -0.25) is 9.59 Å². The molecule has 7 heteroatoms. The Hall–Kier alpha value is -2.44. The molecule has 27 heavy (non-hydrogen) atoms. The number of carbonyl (C=O) groups excluding carboxylic acids is 1. The lowest BCUT2D eigenvalue weighted by Gasteiger charge is -2.13. The maximum Gasteiger partial charge on any atom is 0.241 e. The van der Waals surface area contributed by atoms with Crippen LogP contribution >= 0.6 is 11.6 Å². The van der Waals surface area contributed by atoms with Crippen molar-refractivity contribution in [3.05, 3.63) is 45.1 Å². The van der Waals surface area contributed by atoms with Crippen molar-refractivity contribution in [2.75, 3.05) is 5.32 Å². The number of benzene rings is 2. The first-order chi connectivity index (χ1) is 12.9. The molecule has 142 valence electrons. The second kappa shape index (κ2) is 8.06. The summed E-state index contributed by atoms with van der Waals surface area (Å²) in [7, 11) is 0. The monoisotopic (exact) mass is 387 g/mol. The quantitative estimate of drug-likeness (QED) is 0.492. The van der Waals surface area contributed by atoms with E-state index in [0.717, 1.165) is 24.8 Å². The van der Waals surface area contributed by atoms with Crippen LogP contribution in [0.5, 0.6) is 0 Å². The van der Waals surface area contributed by atoms with Crippen LogP contribution in [-0.2, 0) is 11.2 Å². The van der Waals surface area contributed by atoms with E-state index in [1.807, 2.05) is 0 Å². The van der Waals surface area contributed by atoms with Crippen molar-refractivity contribution in [1.82, 2.24) is 4.98 Å². The molecule has 3 rings (SSSR count). The Bertz CT molecular complexity index is 1010. The average Bonchev–Trinajstić information content (AvgIpc) is 2.63. The van der Waals surface area contributed by atoms with Crippen molar-refractivity contribution in [1.29, 1.82) is 0 Å². The van der Waals surface area contributed by atoms with E-state index in [2.05, 4.69) is 17.2 Å². The van der Waals surface area contributed by atoms with E-state index < -0.39 is 6.04 Å². The minimum absolute atomic E-state index is 0.210. The zero-order valence-electron chi connectivity index (χ0n) is 15.3. The zero-order valence-corrected chi connectivity index (χ0v) is 16.1. The third-order valence-electron chi connectivity index (χ3n) is 4.39.